The van der Waals surface area contributed by atoms with E-state index < -0.39 is 0 Å². The van der Waals surface area contributed by atoms with Crippen molar-refractivity contribution >= 4 is 0 Å². The summed E-state index contributed by atoms with van der Waals surface area (Å²) in [7, 11) is 4.30. The minimum atomic E-state index is 0.828. The van der Waals surface area contributed by atoms with Crippen molar-refractivity contribution in [3.05, 3.63) is 0 Å². The molecular formula is C14H30N2. The molecule has 1 saturated carbocycles. The fourth-order valence-corrected chi connectivity index (χ4v) is 2.80. The molecule has 0 aromatic heterocycles. The molecule has 2 nitrogen and oxygen atoms in total. The standard InChI is InChI=1S/C14H30N2/c1-4-5-8-13-9-6-10-14(13)15-11-7-12-16(2)3/h13-15H,4-12H2,1-3H3. The van der Waals surface area contributed by atoms with E-state index in [0.717, 1.165) is 12.0 Å². The van der Waals surface area contributed by atoms with Gasteiger partial charge in [-0.1, -0.05) is 26.2 Å². The van der Waals surface area contributed by atoms with Gasteiger partial charge in [0.05, 0.1) is 0 Å². The molecule has 96 valence electrons. The van der Waals surface area contributed by atoms with Gasteiger partial charge in [0.25, 0.3) is 0 Å². The summed E-state index contributed by atoms with van der Waals surface area (Å²) in [6.45, 7) is 4.71. The highest BCUT2D eigenvalue weighted by atomic mass is 15.1. The smallest absolute Gasteiger partial charge is 0.00953 e. The highest BCUT2D eigenvalue weighted by Crippen LogP contribution is 2.29. The number of nitrogens with zero attached hydrogens (tertiary/aromatic N) is 1. The maximum absolute atomic E-state index is 3.77. The highest BCUT2D eigenvalue weighted by molar-refractivity contribution is 4.82. The zero-order valence-corrected chi connectivity index (χ0v) is 11.5. The molecule has 0 amide bonds. The van der Waals surface area contributed by atoms with Crippen molar-refractivity contribution in [1.29, 1.82) is 0 Å². The van der Waals surface area contributed by atoms with Crippen LogP contribution in [-0.4, -0.2) is 38.1 Å². The molecule has 0 aromatic carbocycles. The first-order chi connectivity index (χ1) is 7.74. The Balaban J connectivity index is 2.09. The molecule has 0 spiro atoms. The molecule has 16 heavy (non-hydrogen) atoms. The minimum absolute atomic E-state index is 0.828. The van der Waals surface area contributed by atoms with Crippen LogP contribution in [0.4, 0.5) is 0 Å². The van der Waals surface area contributed by atoms with E-state index in [1.165, 1.54) is 58.0 Å². The monoisotopic (exact) mass is 226 g/mol. The van der Waals surface area contributed by atoms with Crippen LogP contribution in [0.15, 0.2) is 0 Å². The second kappa shape index (κ2) is 8.08. The normalized spacial score (nSPS) is 25.5. The van der Waals surface area contributed by atoms with E-state index in [1.807, 2.05) is 0 Å². The topological polar surface area (TPSA) is 15.3 Å². The van der Waals surface area contributed by atoms with Crippen molar-refractivity contribution < 1.29 is 0 Å². The molecule has 1 N–H and O–H groups in total. The van der Waals surface area contributed by atoms with Gasteiger partial charge in [0, 0.05) is 6.04 Å². The first kappa shape index (κ1) is 14.0. The van der Waals surface area contributed by atoms with Gasteiger partial charge in [-0.25, -0.2) is 0 Å². The number of hydrogen-bond donors (Lipinski definition) is 1. The van der Waals surface area contributed by atoms with Crippen LogP contribution in [0.25, 0.3) is 0 Å². The maximum Gasteiger partial charge on any atom is 0.00953 e. The predicted octanol–water partition coefficient (Wildman–Crippen LogP) is 2.89. The molecule has 2 atom stereocenters. The molecule has 1 aliphatic carbocycles. The van der Waals surface area contributed by atoms with Gasteiger partial charge in [0.15, 0.2) is 0 Å². The van der Waals surface area contributed by atoms with Gasteiger partial charge < -0.3 is 10.2 Å². The number of rotatable bonds is 8. The third kappa shape index (κ3) is 5.31. The number of nitrogens with one attached hydrogen (secondary N) is 1. The lowest BCUT2D eigenvalue weighted by Crippen LogP contribution is -2.34. The van der Waals surface area contributed by atoms with Gasteiger partial charge in [0.2, 0.25) is 0 Å². The fourth-order valence-electron chi connectivity index (χ4n) is 2.80. The maximum atomic E-state index is 3.77. The van der Waals surface area contributed by atoms with Crippen molar-refractivity contribution in [2.45, 2.75) is 57.9 Å². The zero-order valence-electron chi connectivity index (χ0n) is 11.5. The fraction of sp³-hybridized carbons (Fsp3) is 1.00. The largest absolute Gasteiger partial charge is 0.314 e. The number of hydrogen-bond acceptors (Lipinski definition) is 2. The van der Waals surface area contributed by atoms with Crippen LogP contribution in [0.1, 0.15) is 51.9 Å². The lowest BCUT2D eigenvalue weighted by atomic mass is 9.97. The van der Waals surface area contributed by atoms with Gasteiger partial charge in [-0.3, -0.25) is 0 Å². The molecule has 0 bridgehead atoms. The highest BCUT2D eigenvalue weighted by Gasteiger charge is 2.25. The molecule has 0 radical (unpaired) electrons. The summed E-state index contributed by atoms with van der Waals surface area (Å²) in [5.74, 6) is 0.972. The summed E-state index contributed by atoms with van der Waals surface area (Å²) in [6, 6.07) is 0.828. The average molecular weight is 226 g/mol. The van der Waals surface area contributed by atoms with E-state index in [1.54, 1.807) is 0 Å². The van der Waals surface area contributed by atoms with E-state index in [4.69, 9.17) is 0 Å². The average Bonchev–Trinajstić information content (AvgIpc) is 2.69. The second-order valence-electron chi connectivity index (χ2n) is 5.55. The summed E-state index contributed by atoms with van der Waals surface area (Å²) in [4.78, 5) is 2.27. The molecule has 0 aromatic rings. The molecule has 2 heteroatoms. The van der Waals surface area contributed by atoms with Crippen LogP contribution in [-0.2, 0) is 0 Å². The second-order valence-corrected chi connectivity index (χ2v) is 5.55. The lowest BCUT2D eigenvalue weighted by Gasteiger charge is -2.21. The van der Waals surface area contributed by atoms with E-state index >= 15 is 0 Å². The van der Waals surface area contributed by atoms with E-state index in [2.05, 4.69) is 31.2 Å². The van der Waals surface area contributed by atoms with Gasteiger partial charge in [-0.05, 0) is 58.8 Å². The zero-order chi connectivity index (χ0) is 11.8. The molecule has 2 unspecified atom stereocenters. The van der Waals surface area contributed by atoms with Crippen LogP contribution < -0.4 is 5.32 Å². The van der Waals surface area contributed by atoms with Crippen LogP contribution in [0, 0.1) is 5.92 Å². The van der Waals surface area contributed by atoms with Gasteiger partial charge in [0.1, 0.15) is 0 Å². The third-order valence-corrected chi connectivity index (χ3v) is 3.78. The van der Waals surface area contributed by atoms with Crippen molar-refractivity contribution in [3.8, 4) is 0 Å². The molecule has 0 aliphatic heterocycles. The Labute approximate surface area is 102 Å². The summed E-state index contributed by atoms with van der Waals surface area (Å²) >= 11 is 0. The Morgan fingerprint density at radius 3 is 2.69 bits per heavy atom. The molecule has 1 rings (SSSR count). The van der Waals surface area contributed by atoms with Crippen LogP contribution >= 0.6 is 0 Å². The Morgan fingerprint density at radius 2 is 2.00 bits per heavy atom. The van der Waals surface area contributed by atoms with Gasteiger partial charge >= 0.3 is 0 Å². The minimum Gasteiger partial charge on any atom is -0.314 e. The Bertz CT molecular complexity index is 168. The van der Waals surface area contributed by atoms with Crippen molar-refractivity contribution in [2.75, 3.05) is 27.2 Å². The first-order valence-corrected chi connectivity index (χ1v) is 7.12. The van der Waals surface area contributed by atoms with Crippen LogP contribution in [0.2, 0.25) is 0 Å². The summed E-state index contributed by atoms with van der Waals surface area (Å²) in [5, 5.41) is 3.77. The van der Waals surface area contributed by atoms with Crippen molar-refractivity contribution in [3.63, 3.8) is 0 Å². The Kier molecular flexibility index (Phi) is 7.06. The first-order valence-electron chi connectivity index (χ1n) is 7.12. The van der Waals surface area contributed by atoms with Crippen LogP contribution in [0.5, 0.6) is 0 Å². The summed E-state index contributed by atoms with van der Waals surface area (Å²) in [6.07, 6.45) is 9.82. The lowest BCUT2D eigenvalue weighted by molar-refractivity contribution is 0.348. The summed E-state index contributed by atoms with van der Waals surface area (Å²) in [5.41, 5.74) is 0. The molecule has 1 fully saturated rings. The SMILES string of the molecule is CCCCC1CCCC1NCCCN(C)C. The van der Waals surface area contributed by atoms with E-state index in [9.17, 15) is 0 Å². The van der Waals surface area contributed by atoms with Gasteiger partial charge in [-0.2, -0.15) is 0 Å². The Morgan fingerprint density at radius 1 is 1.19 bits per heavy atom. The van der Waals surface area contributed by atoms with Crippen molar-refractivity contribution in [2.24, 2.45) is 5.92 Å². The van der Waals surface area contributed by atoms with Crippen molar-refractivity contribution in [1.82, 2.24) is 10.2 Å². The molecule has 0 heterocycles. The molecular weight excluding hydrogens is 196 g/mol. The Hall–Kier alpha value is -0.0800. The van der Waals surface area contributed by atoms with Gasteiger partial charge in [-0.15, -0.1) is 0 Å². The molecule has 1 aliphatic rings. The van der Waals surface area contributed by atoms with E-state index in [-0.39, 0.29) is 0 Å². The predicted molar refractivity (Wildman–Crippen MR) is 71.8 cm³/mol. The van der Waals surface area contributed by atoms with E-state index in [0.29, 0.717) is 0 Å². The molecule has 0 saturated heterocycles. The third-order valence-electron chi connectivity index (χ3n) is 3.78. The quantitative estimate of drug-likeness (QED) is 0.640. The van der Waals surface area contributed by atoms with Crippen LogP contribution in [0.3, 0.4) is 0 Å². The summed E-state index contributed by atoms with van der Waals surface area (Å²) < 4.78 is 0. The number of unbranched alkanes of at least 4 members (excludes halogenated alkanes) is 1.